The van der Waals surface area contributed by atoms with E-state index in [0.29, 0.717) is 0 Å². The molecule has 0 aliphatic carbocycles. The van der Waals surface area contributed by atoms with Gasteiger partial charge < -0.3 is 5.32 Å². The van der Waals surface area contributed by atoms with E-state index in [1.807, 2.05) is 4.40 Å². The first-order chi connectivity index (χ1) is 13.4. The minimum Gasteiger partial charge on any atom is -0.315 e. The molecular formula is C23H29FN4. The number of aromatic nitrogens is 2. The van der Waals surface area contributed by atoms with Crippen LogP contribution < -0.4 is 5.32 Å². The van der Waals surface area contributed by atoms with Gasteiger partial charge in [0.2, 0.25) is 0 Å². The van der Waals surface area contributed by atoms with Crippen LogP contribution in [0, 0.1) is 5.82 Å². The molecule has 3 heterocycles. The van der Waals surface area contributed by atoms with Crippen molar-refractivity contribution >= 4 is 5.65 Å². The zero-order chi connectivity index (χ0) is 19.7. The number of nitrogens with zero attached hydrogens (tertiary/aromatic N) is 3. The Morgan fingerprint density at radius 2 is 1.82 bits per heavy atom. The van der Waals surface area contributed by atoms with Crippen LogP contribution in [-0.4, -0.2) is 40.5 Å². The quantitative estimate of drug-likeness (QED) is 0.738. The summed E-state index contributed by atoms with van der Waals surface area (Å²) in [6, 6.07) is 11.9. The third-order valence-electron chi connectivity index (χ3n) is 5.51. The number of hydrogen-bond donors (Lipinski definition) is 1. The van der Waals surface area contributed by atoms with Gasteiger partial charge in [-0.2, -0.15) is 0 Å². The lowest BCUT2D eigenvalue weighted by Crippen LogP contribution is -2.28. The molecule has 2 aromatic heterocycles. The van der Waals surface area contributed by atoms with Crippen LogP contribution in [0.15, 0.2) is 42.6 Å². The summed E-state index contributed by atoms with van der Waals surface area (Å²) in [6.07, 6.45) is 2.68. The first kappa shape index (κ1) is 19.1. The van der Waals surface area contributed by atoms with Crippen molar-refractivity contribution in [3.8, 4) is 11.3 Å². The van der Waals surface area contributed by atoms with Gasteiger partial charge in [0.1, 0.15) is 11.5 Å². The third kappa shape index (κ3) is 3.96. The Morgan fingerprint density at radius 3 is 2.57 bits per heavy atom. The van der Waals surface area contributed by atoms with E-state index in [1.165, 1.54) is 11.6 Å². The highest BCUT2D eigenvalue weighted by molar-refractivity contribution is 5.67. The lowest BCUT2D eigenvalue weighted by molar-refractivity contribution is 0.280. The Hall–Kier alpha value is -2.24. The summed E-state index contributed by atoms with van der Waals surface area (Å²) in [6.45, 7) is 11.5. The molecule has 1 aliphatic rings. The van der Waals surface area contributed by atoms with Gasteiger partial charge in [-0.3, -0.25) is 9.30 Å². The maximum absolute atomic E-state index is 14.0. The van der Waals surface area contributed by atoms with Gasteiger partial charge in [-0.25, -0.2) is 9.37 Å². The van der Waals surface area contributed by atoms with Gasteiger partial charge in [0.05, 0.1) is 11.4 Å². The van der Waals surface area contributed by atoms with Crippen LogP contribution in [0.25, 0.3) is 16.9 Å². The summed E-state index contributed by atoms with van der Waals surface area (Å²) >= 11 is 0. The molecule has 0 amide bonds. The maximum atomic E-state index is 14.0. The number of hydrogen-bond acceptors (Lipinski definition) is 3. The number of imidazole rings is 1. The van der Waals surface area contributed by atoms with E-state index < -0.39 is 0 Å². The highest BCUT2D eigenvalue weighted by atomic mass is 19.1. The van der Waals surface area contributed by atoms with Gasteiger partial charge in [0.15, 0.2) is 0 Å². The van der Waals surface area contributed by atoms with Crippen molar-refractivity contribution in [2.75, 3.05) is 26.2 Å². The average molecular weight is 381 g/mol. The van der Waals surface area contributed by atoms with Crippen molar-refractivity contribution in [2.45, 2.75) is 39.2 Å². The summed E-state index contributed by atoms with van der Waals surface area (Å²) in [4.78, 5) is 7.29. The zero-order valence-electron chi connectivity index (χ0n) is 17.0. The van der Waals surface area contributed by atoms with Gasteiger partial charge in [0, 0.05) is 31.4 Å². The van der Waals surface area contributed by atoms with Crippen LogP contribution in [0.5, 0.6) is 0 Å². The van der Waals surface area contributed by atoms with Crippen molar-refractivity contribution in [1.29, 1.82) is 0 Å². The molecule has 1 saturated heterocycles. The number of benzene rings is 1. The molecule has 1 N–H and O–H groups in total. The fourth-order valence-corrected chi connectivity index (χ4v) is 3.85. The fourth-order valence-electron chi connectivity index (χ4n) is 3.85. The maximum Gasteiger partial charge on any atom is 0.139 e. The molecule has 0 radical (unpaired) electrons. The first-order valence-electron chi connectivity index (χ1n) is 10.1. The van der Waals surface area contributed by atoms with Crippen molar-refractivity contribution in [2.24, 2.45) is 0 Å². The summed E-state index contributed by atoms with van der Waals surface area (Å²) in [5.41, 5.74) is 5.29. The number of halogens is 1. The molecule has 5 heteroatoms. The minimum absolute atomic E-state index is 0.114. The van der Waals surface area contributed by atoms with Crippen LogP contribution in [0.2, 0.25) is 0 Å². The van der Waals surface area contributed by atoms with Crippen molar-refractivity contribution in [1.82, 2.24) is 19.6 Å². The molecule has 1 aliphatic heterocycles. The van der Waals surface area contributed by atoms with E-state index in [4.69, 9.17) is 4.98 Å². The molecule has 0 saturated carbocycles. The number of pyridine rings is 1. The smallest absolute Gasteiger partial charge is 0.139 e. The van der Waals surface area contributed by atoms with Crippen LogP contribution in [0.3, 0.4) is 0 Å². The predicted octanol–water partition coefficient (Wildman–Crippen LogP) is 4.23. The Balaban J connectivity index is 1.76. The Morgan fingerprint density at radius 1 is 1.04 bits per heavy atom. The average Bonchev–Trinajstić information content (AvgIpc) is 2.83. The number of nitrogens with one attached hydrogen (secondary N) is 1. The second-order valence-electron chi connectivity index (χ2n) is 8.69. The molecule has 28 heavy (non-hydrogen) atoms. The molecule has 0 bridgehead atoms. The molecule has 0 spiro atoms. The monoisotopic (exact) mass is 380 g/mol. The second kappa shape index (κ2) is 7.64. The van der Waals surface area contributed by atoms with Gasteiger partial charge in [-0.1, -0.05) is 45.0 Å². The predicted molar refractivity (Wildman–Crippen MR) is 112 cm³/mol. The Bertz CT molecular complexity index is 945. The first-order valence-corrected chi connectivity index (χ1v) is 10.1. The zero-order valence-corrected chi connectivity index (χ0v) is 17.0. The van der Waals surface area contributed by atoms with Crippen LogP contribution in [0.1, 0.15) is 38.4 Å². The van der Waals surface area contributed by atoms with Gasteiger partial charge in [-0.05, 0) is 42.6 Å². The number of rotatable bonds is 3. The summed E-state index contributed by atoms with van der Waals surface area (Å²) in [5.74, 6) is -0.238. The molecule has 3 aromatic rings. The van der Waals surface area contributed by atoms with Gasteiger partial charge >= 0.3 is 0 Å². The minimum atomic E-state index is -0.238. The van der Waals surface area contributed by atoms with Crippen molar-refractivity contribution in [3.05, 3.63) is 59.7 Å². The molecular weight excluding hydrogens is 351 g/mol. The lowest BCUT2D eigenvalue weighted by atomic mass is 9.86. The molecule has 0 atom stereocenters. The highest BCUT2D eigenvalue weighted by Crippen LogP contribution is 2.29. The SMILES string of the molecule is CC(C)(C)c1ccc(-c2nc3ccc(F)cn3c2CN2CCCNCC2)cc1. The van der Waals surface area contributed by atoms with E-state index in [1.54, 1.807) is 12.3 Å². The Kier molecular flexibility index (Phi) is 5.21. The molecule has 1 fully saturated rings. The number of fused-ring (bicyclic) bond motifs is 1. The van der Waals surface area contributed by atoms with E-state index in [2.05, 4.69) is 55.3 Å². The third-order valence-corrected chi connectivity index (χ3v) is 5.51. The fraction of sp³-hybridized carbons (Fsp3) is 0.435. The Labute approximate surface area is 166 Å². The van der Waals surface area contributed by atoms with Gasteiger partial charge in [-0.15, -0.1) is 0 Å². The largest absolute Gasteiger partial charge is 0.315 e. The molecule has 0 unspecified atom stereocenters. The highest BCUT2D eigenvalue weighted by Gasteiger charge is 2.19. The lowest BCUT2D eigenvalue weighted by Gasteiger charge is -2.21. The molecule has 4 rings (SSSR count). The standard InChI is InChI=1S/C23H29FN4/c1-23(2,3)18-7-5-17(6-8-18)22-20(16-27-13-4-11-25-12-14-27)28-15-19(24)9-10-21(28)26-22/h5-10,15,25H,4,11-14,16H2,1-3H3. The topological polar surface area (TPSA) is 32.6 Å². The van der Waals surface area contributed by atoms with E-state index in [0.717, 1.165) is 61.7 Å². The second-order valence-corrected chi connectivity index (χ2v) is 8.69. The summed E-state index contributed by atoms with van der Waals surface area (Å²) in [7, 11) is 0. The van der Waals surface area contributed by atoms with E-state index in [9.17, 15) is 4.39 Å². The molecule has 148 valence electrons. The summed E-state index contributed by atoms with van der Waals surface area (Å²) in [5, 5.41) is 3.45. The van der Waals surface area contributed by atoms with Crippen LogP contribution in [-0.2, 0) is 12.0 Å². The van der Waals surface area contributed by atoms with E-state index >= 15 is 0 Å². The van der Waals surface area contributed by atoms with E-state index in [-0.39, 0.29) is 11.2 Å². The van der Waals surface area contributed by atoms with Crippen LogP contribution >= 0.6 is 0 Å². The molecule has 4 nitrogen and oxygen atoms in total. The van der Waals surface area contributed by atoms with Crippen LogP contribution in [0.4, 0.5) is 4.39 Å². The normalized spacial score (nSPS) is 16.4. The molecule has 1 aromatic carbocycles. The van der Waals surface area contributed by atoms with Crippen molar-refractivity contribution in [3.63, 3.8) is 0 Å². The van der Waals surface area contributed by atoms with Gasteiger partial charge in [0.25, 0.3) is 0 Å². The van der Waals surface area contributed by atoms with Crippen molar-refractivity contribution < 1.29 is 4.39 Å². The summed E-state index contributed by atoms with van der Waals surface area (Å²) < 4.78 is 15.9.